The molecule has 8 heteroatoms. The Morgan fingerprint density at radius 1 is 1.21 bits per heavy atom. The molecule has 0 aliphatic carbocycles. The summed E-state index contributed by atoms with van der Waals surface area (Å²) in [5.74, 6) is 0.485. The molecule has 2 aromatic carbocycles. The molecule has 29 heavy (non-hydrogen) atoms. The molecular formula is C21H24N4O3S. The highest BCUT2D eigenvalue weighted by Gasteiger charge is 2.18. The first-order chi connectivity index (χ1) is 14.0. The third kappa shape index (κ3) is 4.96. The minimum Gasteiger partial charge on any atom is -0.383 e. The molecule has 3 aromatic rings. The number of carbonyl (C=O) groups is 1. The Morgan fingerprint density at radius 3 is 2.62 bits per heavy atom. The van der Waals surface area contributed by atoms with Crippen LogP contribution in [-0.4, -0.2) is 35.6 Å². The number of rotatable bonds is 7. The number of thioether (sulfide) groups is 1. The van der Waals surface area contributed by atoms with E-state index in [9.17, 15) is 9.59 Å². The molecule has 1 atom stereocenters. The summed E-state index contributed by atoms with van der Waals surface area (Å²) in [6.07, 6.45) is 2.00. The van der Waals surface area contributed by atoms with E-state index in [1.165, 1.54) is 0 Å². The zero-order chi connectivity index (χ0) is 20.8. The molecule has 0 saturated heterocycles. The minimum atomic E-state index is -0.477. The number of hydrogen-bond acceptors (Lipinski definition) is 5. The second kappa shape index (κ2) is 9.58. The smallest absolute Gasteiger partial charge is 0.319 e. The van der Waals surface area contributed by atoms with Crippen LogP contribution in [0, 0.1) is 0 Å². The second-order valence-corrected chi connectivity index (χ2v) is 7.37. The van der Waals surface area contributed by atoms with Gasteiger partial charge in [-0.15, -0.1) is 11.8 Å². The van der Waals surface area contributed by atoms with E-state index in [2.05, 4.69) is 15.6 Å². The molecule has 0 spiro atoms. The van der Waals surface area contributed by atoms with Crippen molar-refractivity contribution < 1.29 is 9.53 Å². The number of aromatic nitrogens is 2. The molecule has 2 N–H and O–H groups in total. The Balaban J connectivity index is 1.83. The molecule has 1 aromatic heterocycles. The fourth-order valence-corrected chi connectivity index (χ4v) is 3.43. The third-order valence-electron chi connectivity index (χ3n) is 4.49. The first kappa shape index (κ1) is 20.9. The lowest BCUT2D eigenvalue weighted by atomic mass is 10.2. The maximum Gasteiger partial charge on any atom is 0.319 e. The van der Waals surface area contributed by atoms with Crippen molar-refractivity contribution in [2.24, 2.45) is 0 Å². The summed E-state index contributed by atoms with van der Waals surface area (Å²) in [5, 5.41) is 6.21. The first-order valence-corrected chi connectivity index (χ1v) is 10.5. The number of urea groups is 1. The van der Waals surface area contributed by atoms with Crippen molar-refractivity contribution in [2.45, 2.75) is 24.4 Å². The van der Waals surface area contributed by atoms with Gasteiger partial charge in [0, 0.05) is 17.7 Å². The lowest BCUT2D eigenvalue weighted by Gasteiger charge is -2.19. The summed E-state index contributed by atoms with van der Waals surface area (Å²) < 4.78 is 6.70. The first-order valence-electron chi connectivity index (χ1n) is 9.23. The number of methoxy groups -OCH3 is 1. The van der Waals surface area contributed by atoms with E-state index in [-0.39, 0.29) is 11.6 Å². The number of hydrogen-bond donors (Lipinski definition) is 2. The van der Waals surface area contributed by atoms with E-state index in [4.69, 9.17) is 4.74 Å². The predicted octanol–water partition coefficient (Wildman–Crippen LogP) is 3.65. The molecule has 0 aliphatic rings. The normalized spacial score (nSPS) is 12.0. The summed E-state index contributed by atoms with van der Waals surface area (Å²) in [5.41, 5.74) is 1.14. The van der Waals surface area contributed by atoms with Gasteiger partial charge < -0.3 is 15.4 Å². The van der Waals surface area contributed by atoms with Crippen LogP contribution in [0.1, 0.15) is 18.8 Å². The Morgan fingerprint density at radius 2 is 1.93 bits per heavy atom. The summed E-state index contributed by atoms with van der Waals surface area (Å²) in [4.78, 5) is 31.1. The van der Waals surface area contributed by atoms with Gasteiger partial charge in [-0.25, -0.2) is 9.78 Å². The van der Waals surface area contributed by atoms with Crippen molar-refractivity contribution in [3.8, 4) is 0 Å². The Bertz CT molecular complexity index is 1050. The lowest BCUT2D eigenvalue weighted by molar-refractivity contribution is 0.184. The molecule has 7 nitrogen and oxygen atoms in total. The topological polar surface area (TPSA) is 85.2 Å². The Hall–Kier alpha value is -2.84. The van der Waals surface area contributed by atoms with Gasteiger partial charge in [-0.05, 0) is 49.6 Å². The number of benzene rings is 2. The number of fused-ring (bicyclic) bond motifs is 1. The highest BCUT2D eigenvalue weighted by molar-refractivity contribution is 7.98. The standard InChI is InChI=1S/C21H24N4O3S/c1-14(22-21(27)23-15-8-10-16(29-3)11-9-15)19-24-18-7-5-4-6-17(18)20(26)25(19)12-13-28-2/h4-11,14H,12-13H2,1-3H3,(H2,22,23,27)/t14-/m0/s1. The Kier molecular flexibility index (Phi) is 6.90. The maximum atomic E-state index is 12.9. The van der Waals surface area contributed by atoms with Crippen LogP contribution in [-0.2, 0) is 11.3 Å². The number of ether oxygens (including phenoxy) is 1. The highest BCUT2D eigenvalue weighted by Crippen LogP contribution is 2.18. The van der Waals surface area contributed by atoms with Gasteiger partial charge in [0.05, 0.1) is 30.1 Å². The van der Waals surface area contributed by atoms with E-state index < -0.39 is 6.04 Å². The zero-order valence-corrected chi connectivity index (χ0v) is 17.5. The van der Waals surface area contributed by atoms with E-state index in [1.807, 2.05) is 42.7 Å². The van der Waals surface area contributed by atoms with Crippen LogP contribution in [0.4, 0.5) is 10.5 Å². The number of amides is 2. The van der Waals surface area contributed by atoms with Gasteiger partial charge in [0.2, 0.25) is 0 Å². The molecule has 0 radical (unpaired) electrons. The third-order valence-corrected chi connectivity index (χ3v) is 5.24. The summed E-state index contributed by atoms with van der Waals surface area (Å²) >= 11 is 1.64. The molecule has 0 bridgehead atoms. The fourth-order valence-electron chi connectivity index (χ4n) is 3.02. The predicted molar refractivity (Wildman–Crippen MR) is 117 cm³/mol. The van der Waals surface area contributed by atoms with E-state index in [0.29, 0.717) is 35.6 Å². The number of nitrogens with zero attached hydrogens (tertiary/aromatic N) is 2. The van der Waals surface area contributed by atoms with Gasteiger partial charge in [-0.3, -0.25) is 9.36 Å². The van der Waals surface area contributed by atoms with E-state index >= 15 is 0 Å². The Labute approximate surface area is 173 Å². The molecule has 0 aliphatic heterocycles. The average Bonchev–Trinajstić information content (AvgIpc) is 2.73. The van der Waals surface area contributed by atoms with Crippen molar-refractivity contribution in [3.63, 3.8) is 0 Å². The second-order valence-electron chi connectivity index (χ2n) is 6.49. The number of carbonyl (C=O) groups excluding carboxylic acids is 1. The molecule has 3 rings (SSSR count). The molecule has 1 heterocycles. The highest BCUT2D eigenvalue weighted by atomic mass is 32.2. The van der Waals surface area contributed by atoms with Crippen molar-refractivity contribution in [1.29, 1.82) is 0 Å². The SMILES string of the molecule is COCCn1c([C@H](C)NC(=O)Nc2ccc(SC)cc2)nc2ccccc2c1=O. The van der Waals surface area contributed by atoms with Crippen LogP contribution in [0.25, 0.3) is 10.9 Å². The number of para-hydroxylation sites is 1. The van der Waals surface area contributed by atoms with Gasteiger partial charge in [0.1, 0.15) is 5.82 Å². The van der Waals surface area contributed by atoms with Gasteiger partial charge in [-0.1, -0.05) is 12.1 Å². The molecule has 152 valence electrons. The summed E-state index contributed by atoms with van der Waals surface area (Å²) in [7, 11) is 1.58. The van der Waals surface area contributed by atoms with Crippen molar-refractivity contribution in [3.05, 3.63) is 64.7 Å². The van der Waals surface area contributed by atoms with Gasteiger partial charge in [0.25, 0.3) is 5.56 Å². The number of anilines is 1. The lowest BCUT2D eigenvalue weighted by Crippen LogP contribution is -2.36. The molecule has 0 saturated carbocycles. The zero-order valence-electron chi connectivity index (χ0n) is 16.6. The van der Waals surface area contributed by atoms with Gasteiger partial charge >= 0.3 is 6.03 Å². The van der Waals surface area contributed by atoms with Crippen molar-refractivity contribution in [1.82, 2.24) is 14.9 Å². The molecule has 2 amide bonds. The van der Waals surface area contributed by atoms with E-state index in [1.54, 1.807) is 42.5 Å². The van der Waals surface area contributed by atoms with Gasteiger partial charge in [-0.2, -0.15) is 0 Å². The fraction of sp³-hybridized carbons (Fsp3) is 0.286. The van der Waals surface area contributed by atoms with E-state index in [0.717, 1.165) is 4.90 Å². The monoisotopic (exact) mass is 412 g/mol. The van der Waals surface area contributed by atoms with Crippen LogP contribution in [0.5, 0.6) is 0 Å². The van der Waals surface area contributed by atoms with Crippen LogP contribution < -0.4 is 16.2 Å². The molecular weight excluding hydrogens is 388 g/mol. The van der Waals surface area contributed by atoms with Crippen LogP contribution in [0.15, 0.2) is 58.2 Å². The average molecular weight is 413 g/mol. The van der Waals surface area contributed by atoms with Crippen LogP contribution >= 0.6 is 11.8 Å². The van der Waals surface area contributed by atoms with Crippen molar-refractivity contribution >= 4 is 34.4 Å². The van der Waals surface area contributed by atoms with Crippen LogP contribution in [0.3, 0.4) is 0 Å². The van der Waals surface area contributed by atoms with Crippen molar-refractivity contribution in [2.75, 3.05) is 25.3 Å². The number of nitrogens with one attached hydrogen (secondary N) is 2. The molecule has 0 unspecified atom stereocenters. The largest absolute Gasteiger partial charge is 0.383 e. The summed E-state index contributed by atoms with van der Waals surface area (Å²) in [6.45, 7) is 2.52. The maximum absolute atomic E-state index is 12.9. The summed E-state index contributed by atoms with van der Waals surface area (Å²) in [6, 6.07) is 13.9. The van der Waals surface area contributed by atoms with Crippen LogP contribution in [0.2, 0.25) is 0 Å². The quantitative estimate of drug-likeness (QED) is 0.579. The van der Waals surface area contributed by atoms with Gasteiger partial charge in [0.15, 0.2) is 0 Å². The molecule has 0 fully saturated rings. The minimum absolute atomic E-state index is 0.149.